The van der Waals surface area contributed by atoms with Gasteiger partial charge < -0.3 is 10.2 Å². The van der Waals surface area contributed by atoms with Crippen LogP contribution in [0.5, 0.6) is 0 Å². The van der Waals surface area contributed by atoms with Crippen molar-refractivity contribution in [3.05, 3.63) is 70.8 Å². The van der Waals surface area contributed by atoms with Crippen LogP contribution in [-0.4, -0.2) is 54.3 Å². The van der Waals surface area contributed by atoms with Gasteiger partial charge in [-0.25, -0.2) is 0 Å². The molecule has 2 amide bonds. The highest BCUT2D eigenvalue weighted by molar-refractivity contribution is 5.97. The monoisotopic (exact) mass is 365 g/mol. The van der Waals surface area contributed by atoms with E-state index in [2.05, 4.69) is 41.4 Å². The minimum absolute atomic E-state index is 0.0212. The number of nitrogens with one attached hydrogen (secondary N) is 1. The zero-order chi connectivity index (χ0) is 19.2. The molecule has 1 N–H and O–H groups in total. The molecule has 142 valence electrons. The van der Waals surface area contributed by atoms with E-state index in [0.717, 1.165) is 25.2 Å². The average molecular weight is 365 g/mol. The Morgan fingerprint density at radius 3 is 2.41 bits per heavy atom. The standard InChI is InChI=1S/C22H27N3O2/c1-17-6-5-8-19(14-17)16-24-10-12-25(13-11-24)21(26)15-23-22(27)20-9-4-3-7-18(20)2/h3-9,14H,10-13,15-16H2,1-2H3,(H,23,27). The van der Waals surface area contributed by atoms with Crippen molar-refractivity contribution in [2.24, 2.45) is 0 Å². The van der Waals surface area contributed by atoms with Gasteiger partial charge in [-0.05, 0) is 31.0 Å². The molecule has 5 heteroatoms. The minimum atomic E-state index is -0.195. The molecule has 3 rings (SSSR count). The topological polar surface area (TPSA) is 52.6 Å². The van der Waals surface area contributed by atoms with Crippen molar-refractivity contribution in [2.45, 2.75) is 20.4 Å². The lowest BCUT2D eigenvalue weighted by Crippen LogP contribution is -2.50. The normalized spacial score (nSPS) is 14.8. The van der Waals surface area contributed by atoms with E-state index in [0.29, 0.717) is 18.7 Å². The molecule has 0 bridgehead atoms. The molecule has 1 aliphatic heterocycles. The lowest BCUT2D eigenvalue weighted by Gasteiger charge is -2.34. The van der Waals surface area contributed by atoms with E-state index in [1.165, 1.54) is 11.1 Å². The Morgan fingerprint density at radius 2 is 1.70 bits per heavy atom. The van der Waals surface area contributed by atoms with Gasteiger partial charge in [0.15, 0.2) is 0 Å². The van der Waals surface area contributed by atoms with Crippen molar-refractivity contribution >= 4 is 11.8 Å². The molecule has 2 aromatic rings. The fourth-order valence-corrected chi connectivity index (χ4v) is 3.41. The molecule has 1 heterocycles. The summed E-state index contributed by atoms with van der Waals surface area (Å²) in [5, 5.41) is 2.75. The summed E-state index contributed by atoms with van der Waals surface area (Å²) in [7, 11) is 0. The molecule has 0 radical (unpaired) electrons. The molecule has 0 aromatic heterocycles. The van der Waals surface area contributed by atoms with Gasteiger partial charge in [-0.1, -0.05) is 48.0 Å². The third-order valence-electron chi connectivity index (χ3n) is 5.00. The number of nitrogens with zero attached hydrogens (tertiary/aromatic N) is 2. The SMILES string of the molecule is Cc1cccc(CN2CCN(C(=O)CNC(=O)c3ccccc3C)CC2)c1. The third-order valence-corrected chi connectivity index (χ3v) is 5.00. The second-order valence-electron chi connectivity index (χ2n) is 7.14. The number of hydrogen-bond acceptors (Lipinski definition) is 3. The summed E-state index contributed by atoms with van der Waals surface area (Å²) in [6.45, 7) is 8.06. The van der Waals surface area contributed by atoms with Crippen LogP contribution in [-0.2, 0) is 11.3 Å². The van der Waals surface area contributed by atoms with Crippen LogP contribution in [0.15, 0.2) is 48.5 Å². The number of piperazine rings is 1. The maximum Gasteiger partial charge on any atom is 0.251 e. The average Bonchev–Trinajstić information content (AvgIpc) is 2.67. The highest BCUT2D eigenvalue weighted by Crippen LogP contribution is 2.11. The summed E-state index contributed by atoms with van der Waals surface area (Å²) in [6, 6.07) is 15.9. The van der Waals surface area contributed by atoms with Gasteiger partial charge in [0.1, 0.15) is 0 Å². The van der Waals surface area contributed by atoms with Crippen molar-refractivity contribution in [3.8, 4) is 0 Å². The smallest absolute Gasteiger partial charge is 0.251 e. The summed E-state index contributed by atoms with van der Waals surface area (Å²) in [6.07, 6.45) is 0. The van der Waals surface area contributed by atoms with Gasteiger partial charge in [-0.15, -0.1) is 0 Å². The number of amides is 2. The molecule has 1 saturated heterocycles. The van der Waals surface area contributed by atoms with Crippen molar-refractivity contribution in [1.29, 1.82) is 0 Å². The van der Waals surface area contributed by atoms with E-state index in [9.17, 15) is 9.59 Å². The number of carbonyl (C=O) groups is 2. The lowest BCUT2D eigenvalue weighted by atomic mass is 10.1. The molecular weight excluding hydrogens is 338 g/mol. The molecule has 0 spiro atoms. The van der Waals surface area contributed by atoms with Gasteiger partial charge in [0.05, 0.1) is 6.54 Å². The zero-order valence-electron chi connectivity index (χ0n) is 16.1. The second-order valence-corrected chi connectivity index (χ2v) is 7.14. The van der Waals surface area contributed by atoms with Gasteiger partial charge in [-0.3, -0.25) is 14.5 Å². The lowest BCUT2D eigenvalue weighted by molar-refractivity contribution is -0.131. The quantitative estimate of drug-likeness (QED) is 0.885. The van der Waals surface area contributed by atoms with E-state index in [4.69, 9.17) is 0 Å². The predicted molar refractivity (Wildman–Crippen MR) is 107 cm³/mol. The van der Waals surface area contributed by atoms with Crippen LogP contribution in [0.3, 0.4) is 0 Å². The predicted octanol–water partition coefficient (Wildman–Crippen LogP) is 2.38. The number of benzene rings is 2. The first kappa shape index (κ1) is 19.1. The second kappa shape index (κ2) is 8.82. The van der Waals surface area contributed by atoms with Crippen molar-refractivity contribution in [2.75, 3.05) is 32.7 Å². The van der Waals surface area contributed by atoms with Gasteiger partial charge in [0.2, 0.25) is 5.91 Å². The van der Waals surface area contributed by atoms with Gasteiger partial charge >= 0.3 is 0 Å². The van der Waals surface area contributed by atoms with Crippen molar-refractivity contribution in [1.82, 2.24) is 15.1 Å². The van der Waals surface area contributed by atoms with E-state index in [1.54, 1.807) is 6.07 Å². The van der Waals surface area contributed by atoms with Crippen LogP contribution in [0.4, 0.5) is 0 Å². The summed E-state index contributed by atoms with van der Waals surface area (Å²) >= 11 is 0. The number of carbonyl (C=O) groups excluding carboxylic acids is 2. The maximum absolute atomic E-state index is 12.4. The van der Waals surface area contributed by atoms with Crippen molar-refractivity contribution < 1.29 is 9.59 Å². The van der Waals surface area contributed by atoms with E-state index >= 15 is 0 Å². The summed E-state index contributed by atoms with van der Waals surface area (Å²) < 4.78 is 0. The molecule has 27 heavy (non-hydrogen) atoms. The van der Waals surface area contributed by atoms with Crippen LogP contribution >= 0.6 is 0 Å². The summed E-state index contributed by atoms with van der Waals surface area (Å²) in [5.74, 6) is -0.216. The highest BCUT2D eigenvalue weighted by Gasteiger charge is 2.21. The molecule has 0 unspecified atom stereocenters. The zero-order valence-corrected chi connectivity index (χ0v) is 16.1. The molecule has 0 aliphatic carbocycles. The molecular formula is C22H27N3O2. The number of rotatable bonds is 5. The number of aryl methyl sites for hydroxylation is 2. The minimum Gasteiger partial charge on any atom is -0.343 e. The Bertz CT molecular complexity index is 811. The Morgan fingerprint density at radius 1 is 0.963 bits per heavy atom. The van der Waals surface area contributed by atoms with E-state index < -0.39 is 0 Å². The van der Waals surface area contributed by atoms with Gasteiger partial charge in [0.25, 0.3) is 5.91 Å². The fraction of sp³-hybridized carbons (Fsp3) is 0.364. The fourth-order valence-electron chi connectivity index (χ4n) is 3.41. The van der Waals surface area contributed by atoms with E-state index in [-0.39, 0.29) is 18.4 Å². The van der Waals surface area contributed by atoms with Gasteiger partial charge in [0, 0.05) is 38.3 Å². The van der Waals surface area contributed by atoms with Crippen LogP contribution in [0.2, 0.25) is 0 Å². The van der Waals surface area contributed by atoms with E-state index in [1.807, 2.05) is 30.0 Å². The van der Waals surface area contributed by atoms with Crippen molar-refractivity contribution in [3.63, 3.8) is 0 Å². The Kier molecular flexibility index (Phi) is 6.24. The first-order valence-electron chi connectivity index (χ1n) is 9.42. The van der Waals surface area contributed by atoms with Crippen LogP contribution in [0, 0.1) is 13.8 Å². The molecule has 1 fully saturated rings. The first-order chi connectivity index (χ1) is 13.0. The highest BCUT2D eigenvalue weighted by atomic mass is 16.2. The summed E-state index contributed by atoms with van der Waals surface area (Å²) in [4.78, 5) is 28.9. The van der Waals surface area contributed by atoms with Crippen LogP contribution in [0.1, 0.15) is 27.0 Å². The number of hydrogen-bond donors (Lipinski definition) is 1. The molecule has 2 aromatic carbocycles. The Hall–Kier alpha value is -2.66. The largest absolute Gasteiger partial charge is 0.343 e. The summed E-state index contributed by atoms with van der Waals surface area (Å²) in [5.41, 5.74) is 4.10. The molecule has 0 atom stereocenters. The van der Waals surface area contributed by atoms with Gasteiger partial charge in [-0.2, -0.15) is 0 Å². The van der Waals surface area contributed by atoms with Crippen LogP contribution < -0.4 is 5.32 Å². The maximum atomic E-state index is 12.4. The molecule has 0 saturated carbocycles. The van der Waals surface area contributed by atoms with Crippen LogP contribution in [0.25, 0.3) is 0 Å². The first-order valence-corrected chi connectivity index (χ1v) is 9.42. The Balaban J connectivity index is 1.44. The molecule has 5 nitrogen and oxygen atoms in total. The third kappa shape index (κ3) is 5.17. The molecule has 1 aliphatic rings. The Labute approximate surface area is 161 Å².